The second-order valence-electron chi connectivity index (χ2n) is 7.48. The minimum absolute atomic E-state index is 0.0633. The molecule has 0 aliphatic carbocycles. The summed E-state index contributed by atoms with van der Waals surface area (Å²) in [5.74, 6) is 0.455. The SMILES string of the molecule is Cc1nc2c3ccccc3nn2c(C)c1CCC(=O)OCc1nc(N)nc(N(C)C)n1. The Morgan fingerprint density at radius 3 is 2.68 bits per heavy atom. The summed E-state index contributed by atoms with van der Waals surface area (Å²) in [7, 11) is 3.59. The second-order valence-corrected chi connectivity index (χ2v) is 7.48. The molecule has 0 aliphatic rings. The number of aromatic nitrogens is 6. The summed E-state index contributed by atoms with van der Waals surface area (Å²) in [5, 5.41) is 5.66. The van der Waals surface area contributed by atoms with Gasteiger partial charge < -0.3 is 15.4 Å². The highest BCUT2D eigenvalue weighted by Crippen LogP contribution is 2.23. The van der Waals surface area contributed by atoms with Crippen LogP contribution in [0.1, 0.15) is 29.2 Å². The number of fused-ring (bicyclic) bond motifs is 3. The summed E-state index contributed by atoms with van der Waals surface area (Å²) in [6.07, 6.45) is 0.703. The van der Waals surface area contributed by atoms with Gasteiger partial charge in [0.2, 0.25) is 11.9 Å². The van der Waals surface area contributed by atoms with Crippen molar-refractivity contribution in [3.05, 3.63) is 47.0 Å². The van der Waals surface area contributed by atoms with E-state index in [9.17, 15) is 4.79 Å². The Hall–Kier alpha value is -3.82. The molecule has 4 rings (SSSR count). The van der Waals surface area contributed by atoms with Gasteiger partial charge >= 0.3 is 5.97 Å². The number of benzene rings is 1. The van der Waals surface area contributed by atoms with E-state index in [0.717, 1.165) is 33.5 Å². The summed E-state index contributed by atoms with van der Waals surface area (Å²) in [5.41, 5.74) is 10.2. The Bertz CT molecular complexity index is 1280. The fourth-order valence-corrected chi connectivity index (χ4v) is 3.47. The number of esters is 1. The van der Waals surface area contributed by atoms with Crippen LogP contribution in [0.5, 0.6) is 0 Å². The smallest absolute Gasteiger partial charge is 0.306 e. The minimum Gasteiger partial charge on any atom is -0.457 e. The number of nitrogens with zero attached hydrogens (tertiary/aromatic N) is 7. The van der Waals surface area contributed by atoms with Crippen molar-refractivity contribution in [3.8, 4) is 0 Å². The van der Waals surface area contributed by atoms with Gasteiger partial charge in [0.05, 0.1) is 5.52 Å². The Labute approximate surface area is 179 Å². The molecule has 0 radical (unpaired) electrons. The molecule has 0 atom stereocenters. The van der Waals surface area contributed by atoms with Crippen LogP contribution in [0, 0.1) is 13.8 Å². The number of hydrogen-bond donors (Lipinski definition) is 1. The normalized spacial score (nSPS) is 11.2. The van der Waals surface area contributed by atoms with Crippen LogP contribution in [0.3, 0.4) is 0 Å². The lowest BCUT2D eigenvalue weighted by Crippen LogP contribution is -2.17. The van der Waals surface area contributed by atoms with E-state index in [2.05, 4.69) is 20.1 Å². The zero-order valence-corrected chi connectivity index (χ0v) is 18.0. The molecule has 31 heavy (non-hydrogen) atoms. The monoisotopic (exact) mass is 420 g/mol. The number of hydrogen-bond acceptors (Lipinski definition) is 9. The standard InChI is InChI=1S/C21H24N8O2/c1-12-14(13(2)29-19(23-12)15-7-5-6-8-16(15)27-29)9-10-18(30)31-11-17-24-20(22)26-21(25-17)28(3)4/h5-8H,9-11H2,1-4H3,(H2,22,24,25,26). The van der Waals surface area contributed by atoms with Crippen molar-refractivity contribution < 1.29 is 9.53 Å². The van der Waals surface area contributed by atoms with E-state index in [1.165, 1.54) is 0 Å². The van der Waals surface area contributed by atoms with Crippen molar-refractivity contribution in [2.45, 2.75) is 33.3 Å². The first-order chi connectivity index (χ1) is 14.8. The Balaban J connectivity index is 1.46. The first-order valence-corrected chi connectivity index (χ1v) is 9.90. The average Bonchev–Trinajstić information content (AvgIpc) is 3.10. The van der Waals surface area contributed by atoms with Crippen molar-refractivity contribution in [1.29, 1.82) is 0 Å². The molecule has 0 unspecified atom stereocenters. The fourth-order valence-electron chi connectivity index (χ4n) is 3.47. The van der Waals surface area contributed by atoms with Crippen molar-refractivity contribution in [1.82, 2.24) is 29.5 Å². The van der Waals surface area contributed by atoms with Crippen LogP contribution < -0.4 is 10.6 Å². The van der Waals surface area contributed by atoms with Gasteiger partial charge in [-0.15, -0.1) is 0 Å². The maximum Gasteiger partial charge on any atom is 0.306 e. The van der Waals surface area contributed by atoms with Crippen LogP contribution in [-0.2, 0) is 22.6 Å². The zero-order valence-electron chi connectivity index (χ0n) is 18.0. The van der Waals surface area contributed by atoms with Gasteiger partial charge in [-0.2, -0.15) is 20.1 Å². The third-order valence-electron chi connectivity index (χ3n) is 5.05. The summed E-state index contributed by atoms with van der Waals surface area (Å²) >= 11 is 0. The van der Waals surface area contributed by atoms with Crippen molar-refractivity contribution >= 4 is 34.4 Å². The van der Waals surface area contributed by atoms with E-state index >= 15 is 0 Å². The molecular weight excluding hydrogens is 396 g/mol. The van der Waals surface area contributed by atoms with Crippen molar-refractivity contribution in [2.24, 2.45) is 0 Å². The molecule has 0 aliphatic heterocycles. The number of anilines is 2. The van der Waals surface area contributed by atoms with E-state index in [4.69, 9.17) is 15.5 Å². The lowest BCUT2D eigenvalue weighted by atomic mass is 10.1. The van der Waals surface area contributed by atoms with Crippen LogP contribution in [0.2, 0.25) is 0 Å². The Morgan fingerprint density at radius 2 is 1.90 bits per heavy atom. The topological polar surface area (TPSA) is 124 Å². The molecule has 0 amide bonds. The highest BCUT2D eigenvalue weighted by Gasteiger charge is 2.16. The Kier molecular flexibility index (Phi) is 5.37. The molecule has 4 aromatic rings. The minimum atomic E-state index is -0.352. The van der Waals surface area contributed by atoms with Crippen LogP contribution in [0.15, 0.2) is 24.3 Å². The van der Waals surface area contributed by atoms with Crippen LogP contribution >= 0.6 is 0 Å². The first-order valence-electron chi connectivity index (χ1n) is 9.90. The van der Waals surface area contributed by atoms with Crippen LogP contribution in [0.4, 0.5) is 11.9 Å². The van der Waals surface area contributed by atoms with E-state index in [1.54, 1.807) is 19.0 Å². The van der Waals surface area contributed by atoms with Gasteiger partial charge in [0.15, 0.2) is 18.1 Å². The third-order valence-corrected chi connectivity index (χ3v) is 5.05. The predicted octanol–water partition coefficient (Wildman–Crippen LogP) is 2.01. The molecular formula is C21H24N8O2. The maximum absolute atomic E-state index is 12.3. The maximum atomic E-state index is 12.3. The van der Waals surface area contributed by atoms with E-state index < -0.39 is 0 Å². The second kappa shape index (κ2) is 8.13. The van der Waals surface area contributed by atoms with Crippen molar-refractivity contribution in [3.63, 3.8) is 0 Å². The average molecular weight is 420 g/mol. The molecule has 1 aromatic carbocycles. The number of carbonyl (C=O) groups is 1. The summed E-state index contributed by atoms with van der Waals surface area (Å²) < 4.78 is 7.19. The molecule has 0 bridgehead atoms. The number of carbonyl (C=O) groups excluding carboxylic acids is 1. The van der Waals surface area contributed by atoms with E-state index in [-0.39, 0.29) is 24.9 Å². The third kappa shape index (κ3) is 4.09. The molecule has 0 saturated carbocycles. The summed E-state index contributed by atoms with van der Waals surface area (Å²) in [4.78, 5) is 31.1. The van der Waals surface area contributed by atoms with Gasteiger partial charge in [-0.25, -0.2) is 9.50 Å². The largest absolute Gasteiger partial charge is 0.457 e. The molecule has 0 fully saturated rings. The number of nitrogens with two attached hydrogens (primary N) is 1. The predicted molar refractivity (Wildman–Crippen MR) is 117 cm³/mol. The molecule has 0 spiro atoms. The molecule has 3 aromatic heterocycles. The van der Waals surface area contributed by atoms with Crippen LogP contribution in [-0.4, -0.2) is 49.6 Å². The number of ether oxygens (including phenoxy) is 1. The molecule has 3 heterocycles. The number of nitrogen functional groups attached to an aromatic ring is 1. The zero-order chi connectivity index (χ0) is 22.1. The molecule has 0 saturated heterocycles. The number of rotatable bonds is 6. The molecule has 160 valence electrons. The van der Waals surface area contributed by atoms with Gasteiger partial charge in [-0.05, 0) is 38.0 Å². The van der Waals surface area contributed by atoms with Gasteiger partial charge in [0, 0.05) is 37.3 Å². The fraction of sp³-hybridized carbons (Fsp3) is 0.333. The molecule has 2 N–H and O–H groups in total. The van der Waals surface area contributed by atoms with E-state index in [0.29, 0.717) is 18.2 Å². The Morgan fingerprint density at radius 1 is 1.13 bits per heavy atom. The van der Waals surface area contributed by atoms with Gasteiger partial charge in [0.25, 0.3) is 0 Å². The summed E-state index contributed by atoms with van der Waals surface area (Å²) in [6, 6.07) is 7.90. The highest BCUT2D eigenvalue weighted by molar-refractivity contribution is 5.92. The van der Waals surface area contributed by atoms with Crippen LogP contribution in [0.25, 0.3) is 16.6 Å². The first kappa shape index (κ1) is 20.5. The van der Waals surface area contributed by atoms with Gasteiger partial charge in [-0.3, -0.25) is 4.79 Å². The molecule has 10 nitrogen and oxygen atoms in total. The lowest BCUT2D eigenvalue weighted by molar-refractivity contribution is -0.145. The molecule has 10 heteroatoms. The lowest BCUT2D eigenvalue weighted by Gasteiger charge is -2.12. The van der Waals surface area contributed by atoms with E-state index in [1.807, 2.05) is 42.6 Å². The van der Waals surface area contributed by atoms with Crippen molar-refractivity contribution in [2.75, 3.05) is 24.7 Å². The quantitative estimate of drug-likeness (QED) is 0.466. The number of aryl methyl sites for hydroxylation is 2. The summed E-state index contributed by atoms with van der Waals surface area (Å²) in [6.45, 7) is 3.88. The van der Waals surface area contributed by atoms with Gasteiger partial charge in [0.1, 0.15) is 0 Å². The highest BCUT2D eigenvalue weighted by atomic mass is 16.5. The van der Waals surface area contributed by atoms with Gasteiger partial charge in [-0.1, -0.05) is 12.1 Å².